The highest BCUT2D eigenvalue weighted by atomic mass is 19.4. The zero-order chi connectivity index (χ0) is 18.7. The third kappa shape index (κ3) is 3.89. The predicted molar refractivity (Wildman–Crippen MR) is 88.5 cm³/mol. The summed E-state index contributed by atoms with van der Waals surface area (Å²) < 4.78 is 44.4. The number of pyridine rings is 1. The molecule has 1 aromatic carbocycles. The molecule has 0 amide bonds. The second kappa shape index (κ2) is 7.23. The van der Waals surface area contributed by atoms with Crippen LogP contribution in [0.3, 0.4) is 0 Å². The van der Waals surface area contributed by atoms with E-state index in [1.54, 1.807) is 6.07 Å². The summed E-state index contributed by atoms with van der Waals surface area (Å²) in [6.45, 7) is 1.18. The lowest BCUT2D eigenvalue weighted by Gasteiger charge is -2.20. The first-order chi connectivity index (χ1) is 12.4. The summed E-state index contributed by atoms with van der Waals surface area (Å²) in [7, 11) is 0. The Balaban J connectivity index is 1.66. The maximum Gasteiger partial charge on any atom is 0.419 e. The van der Waals surface area contributed by atoms with Crippen LogP contribution in [-0.4, -0.2) is 35.8 Å². The lowest BCUT2D eigenvalue weighted by Crippen LogP contribution is -2.25. The Morgan fingerprint density at radius 2 is 2.04 bits per heavy atom. The second-order valence-electron chi connectivity index (χ2n) is 6.09. The number of rotatable bonds is 5. The fraction of sp³-hybridized carbons (Fsp3) is 0.333. The lowest BCUT2D eigenvalue weighted by molar-refractivity contribution is -0.139. The fourth-order valence-corrected chi connectivity index (χ4v) is 3.01. The molecule has 2 aromatic rings. The van der Waals surface area contributed by atoms with Crippen LogP contribution in [0.5, 0.6) is 5.75 Å². The first-order valence-electron chi connectivity index (χ1n) is 8.08. The van der Waals surface area contributed by atoms with Gasteiger partial charge in [-0.3, -0.25) is 0 Å². The smallest absolute Gasteiger partial charge is 0.419 e. The molecular formula is C18H17F3N2O3. The number of carbonyl (C=O) groups is 1. The molecule has 1 aliphatic rings. The molecule has 26 heavy (non-hydrogen) atoms. The minimum absolute atomic E-state index is 0.0139. The molecular weight excluding hydrogens is 349 g/mol. The van der Waals surface area contributed by atoms with Gasteiger partial charge in [-0.15, -0.1) is 0 Å². The number of ether oxygens (including phenoxy) is 1. The summed E-state index contributed by atoms with van der Waals surface area (Å²) in [4.78, 5) is 17.3. The highest BCUT2D eigenvalue weighted by Gasteiger charge is 2.34. The van der Waals surface area contributed by atoms with Crippen molar-refractivity contribution in [1.82, 2.24) is 4.98 Å². The van der Waals surface area contributed by atoms with Crippen molar-refractivity contribution in [2.75, 3.05) is 24.6 Å². The molecule has 138 valence electrons. The van der Waals surface area contributed by atoms with Gasteiger partial charge in [0.1, 0.15) is 17.1 Å². The topological polar surface area (TPSA) is 62.7 Å². The Morgan fingerprint density at radius 3 is 2.77 bits per heavy atom. The molecule has 0 spiro atoms. The first kappa shape index (κ1) is 18.0. The molecule has 1 atom stereocenters. The van der Waals surface area contributed by atoms with Crippen LogP contribution in [0.4, 0.5) is 19.0 Å². The molecule has 1 saturated heterocycles. The predicted octanol–water partition coefficient (Wildman–Crippen LogP) is 3.70. The van der Waals surface area contributed by atoms with E-state index in [0.717, 1.165) is 6.07 Å². The zero-order valence-electron chi connectivity index (χ0n) is 13.7. The van der Waals surface area contributed by atoms with Crippen molar-refractivity contribution in [3.63, 3.8) is 0 Å². The molecule has 5 nitrogen and oxygen atoms in total. The van der Waals surface area contributed by atoms with E-state index in [-0.39, 0.29) is 23.8 Å². The van der Waals surface area contributed by atoms with Crippen LogP contribution < -0.4 is 9.64 Å². The van der Waals surface area contributed by atoms with Gasteiger partial charge in [-0.1, -0.05) is 12.1 Å². The maximum atomic E-state index is 13.0. The molecule has 0 aliphatic carbocycles. The molecule has 0 saturated carbocycles. The third-order valence-electron chi connectivity index (χ3n) is 4.27. The number of carboxylic acid groups (broad SMARTS) is 1. The van der Waals surface area contributed by atoms with Gasteiger partial charge in [-0.2, -0.15) is 13.2 Å². The minimum Gasteiger partial charge on any atom is -0.493 e. The van der Waals surface area contributed by atoms with Gasteiger partial charge >= 0.3 is 12.1 Å². The molecule has 8 heteroatoms. The number of alkyl halides is 3. The van der Waals surface area contributed by atoms with Gasteiger partial charge in [0.15, 0.2) is 0 Å². The second-order valence-corrected chi connectivity index (χ2v) is 6.09. The molecule has 3 rings (SSSR count). The van der Waals surface area contributed by atoms with E-state index in [1.807, 2.05) is 4.90 Å². The Morgan fingerprint density at radius 1 is 1.27 bits per heavy atom. The Hall–Kier alpha value is -2.77. The van der Waals surface area contributed by atoms with E-state index in [1.165, 1.54) is 30.5 Å². The van der Waals surface area contributed by atoms with Gasteiger partial charge in [0.25, 0.3) is 0 Å². The van der Waals surface area contributed by atoms with Gasteiger partial charge in [0.2, 0.25) is 0 Å². The van der Waals surface area contributed by atoms with E-state index in [0.29, 0.717) is 25.3 Å². The number of hydrogen-bond donors (Lipinski definition) is 1. The first-order valence-corrected chi connectivity index (χ1v) is 8.08. The van der Waals surface area contributed by atoms with Crippen LogP contribution in [0.1, 0.15) is 22.3 Å². The van der Waals surface area contributed by atoms with Crippen LogP contribution in [0, 0.1) is 5.92 Å². The van der Waals surface area contributed by atoms with Crippen LogP contribution in [0.15, 0.2) is 42.6 Å². The summed E-state index contributed by atoms with van der Waals surface area (Å²) >= 11 is 0. The molecule has 1 aliphatic heterocycles. The third-order valence-corrected chi connectivity index (χ3v) is 4.27. The van der Waals surface area contributed by atoms with Gasteiger partial charge in [0, 0.05) is 25.2 Å². The SMILES string of the molecule is O=C(O)c1cccnc1N1CC[C@H](COc2ccccc2C(F)(F)F)C1. The highest BCUT2D eigenvalue weighted by molar-refractivity contribution is 5.93. The average molecular weight is 366 g/mol. The summed E-state index contributed by atoms with van der Waals surface area (Å²) in [6.07, 6.45) is -2.27. The van der Waals surface area contributed by atoms with Crippen molar-refractivity contribution in [2.45, 2.75) is 12.6 Å². The van der Waals surface area contributed by atoms with Crippen molar-refractivity contribution >= 4 is 11.8 Å². The molecule has 0 radical (unpaired) electrons. The monoisotopic (exact) mass is 366 g/mol. The molecule has 0 unspecified atom stereocenters. The average Bonchev–Trinajstić information content (AvgIpc) is 3.08. The van der Waals surface area contributed by atoms with Crippen molar-refractivity contribution in [2.24, 2.45) is 5.92 Å². The minimum atomic E-state index is -4.47. The molecule has 1 N–H and O–H groups in total. The van der Waals surface area contributed by atoms with Crippen molar-refractivity contribution in [1.29, 1.82) is 0 Å². The molecule has 1 aromatic heterocycles. The fourth-order valence-electron chi connectivity index (χ4n) is 3.01. The number of nitrogens with zero attached hydrogens (tertiary/aromatic N) is 2. The Kier molecular flexibility index (Phi) is 5.01. The standard InChI is InChI=1S/C18H17F3N2O3/c19-18(20,21)14-5-1-2-6-15(14)26-11-12-7-9-23(10-12)16-13(17(24)25)4-3-8-22-16/h1-6,8,12H,7,9-11H2,(H,24,25)/t12-/m0/s1. The number of benzene rings is 1. The number of aromatic carboxylic acids is 1. The molecule has 0 bridgehead atoms. The van der Waals surface area contributed by atoms with E-state index in [9.17, 15) is 23.1 Å². The van der Waals surface area contributed by atoms with Crippen molar-refractivity contribution < 1.29 is 27.8 Å². The van der Waals surface area contributed by atoms with Crippen molar-refractivity contribution in [3.05, 3.63) is 53.7 Å². The van der Waals surface area contributed by atoms with Crippen LogP contribution in [0.25, 0.3) is 0 Å². The number of carboxylic acids is 1. The number of halogens is 3. The maximum absolute atomic E-state index is 13.0. The van der Waals surface area contributed by atoms with Crippen LogP contribution in [0.2, 0.25) is 0 Å². The molecule has 1 fully saturated rings. The summed E-state index contributed by atoms with van der Waals surface area (Å²) in [5.74, 6) is -0.896. The largest absolute Gasteiger partial charge is 0.493 e. The van der Waals surface area contributed by atoms with Gasteiger partial charge in [0.05, 0.1) is 12.2 Å². The summed E-state index contributed by atoms with van der Waals surface area (Å²) in [6, 6.07) is 8.14. The highest BCUT2D eigenvalue weighted by Crippen LogP contribution is 2.36. The number of anilines is 1. The van der Waals surface area contributed by atoms with E-state index < -0.39 is 17.7 Å². The van der Waals surface area contributed by atoms with Crippen LogP contribution in [-0.2, 0) is 6.18 Å². The summed E-state index contributed by atoms with van der Waals surface area (Å²) in [5.41, 5.74) is -0.691. The van der Waals surface area contributed by atoms with Crippen molar-refractivity contribution in [3.8, 4) is 5.75 Å². The van der Waals surface area contributed by atoms with Gasteiger partial charge in [-0.25, -0.2) is 9.78 Å². The summed E-state index contributed by atoms with van der Waals surface area (Å²) in [5, 5.41) is 9.25. The number of aromatic nitrogens is 1. The van der Waals surface area contributed by atoms with Gasteiger partial charge in [-0.05, 0) is 30.7 Å². The Bertz CT molecular complexity index is 795. The lowest BCUT2D eigenvalue weighted by atomic mass is 10.1. The number of para-hydroxylation sites is 1. The molecule has 2 heterocycles. The zero-order valence-corrected chi connectivity index (χ0v) is 13.7. The van der Waals surface area contributed by atoms with Gasteiger partial charge < -0.3 is 14.7 Å². The van der Waals surface area contributed by atoms with E-state index in [4.69, 9.17) is 4.74 Å². The van der Waals surface area contributed by atoms with E-state index >= 15 is 0 Å². The Labute approximate surface area is 148 Å². The van der Waals surface area contributed by atoms with Crippen LogP contribution >= 0.6 is 0 Å². The number of hydrogen-bond acceptors (Lipinski definition) is 4. The quantitative estimate of drug-likeness (QED) is 0.874. The normalized spacial score (nSPS) is 17.3. The van der Waals surface area contributed by atoms with E-state index in [2.05, 4.69) is 4.98 Å².